The second-order valence-corrected chi connectivity index (χ2v) is 14.1. The molecule has 33 heavy (non-hydrogen) atoms. The van der Waals surface area contributed by atoms with Gasteiger partial charge < -0.3 is 15.3 Å². The Morgan fingerprint density at radius 3 is 2.24 bits per heavy atom. The van der Waals surface area contributed by atoms with Gasteiger partial charge in [0, 0.05) is 0 Å². The minimum atomic E-state index is -0.894. The lowest BCUT2D eigenvalue weighted by Crippen LogP contribution is -2.55. The first-order valence-corrected chi connectivity index (χ1v) is 13.6. The molecular weight excluding hydrogens is 408 g/mol. The zero-order chi connectivity index (χ0) is 24.6. The molecule has 1 unspecified atom stereocenters. The smallest absolute Gasteiger partial charge is 0.0772 e. The zero-order valence-corrected chi connectivity index (χ0v) is 22.5. The van der Waals surface area contributed by atoms with Gasteiger partial charge >= 0.3 is 0 Å². The van der Waals surface area contributed by atoms with E-state index in [1.807, 2.05) is 6.08 Å². The van der Waals surface area contributed by atoms with Crippen LogP contribution in [0.3, 0.4) is 0 Å². The van der Waals surface area contributed by atoms with E-state index in [-0.39, 0.29) is 33.7 Å². The summed E-state index contributed by atoms with van der Waals surface area (Å²) in [5.41, 5.74) is 3.20. The molecular formula is C30H50O3. The molecule has 3 heteroatoms. The Morgan fingerprint density at radius 1 is 0.939 bits per heavy atom. The minimum absolute atomic E-state index is 0.0170. The van der Waals surface area contributed by atoms with E-state index >= 15 is 0 Å². The quantitative estimate of drug-likeness (QED) is 0.426. The average molecular weight is 459 g/mol. The first-order chi connectivity index (χ1) is 15.1. The van der Waals surface area contributed by atoms with Gasteiger partial charge in [-0.05, 0) is 105 Å². The van der Waals surface area contributed by atoms with Gasteiger partial charge in [0.05, 0.1) is 17.8 Å². The lowest BCUT2D eigenvalue weighted by atomic mass is 9.43. The predicted octanol–water partition coefficient (Wildman–Crippen LogP) is 6.42. The van der Waals surface area contributed by atoms with Crippen molar-refractivity contribution in [2.75, 3.05) is 0 Å². The SMILES string of the molecule is C[C@H]([C@H](O)C=CC(C)(C)O)[C@H]1CC[C@@]2(C)C3=C(CC[C@]12C)[C@@]1(C)CC[C@H](O)C(C)(C)C1CC3. The van der Waals surface area contributed by atoms with Crippen LogP contribution in [0.15, 0.2) is 23.3 Å². The first-order valence-electron chi connectivity index (χ1n) is 13.6. The van der Waals surface area contributed by atoms with Gasteiger partial charge in [0.25, 0.3) is 0 Å². The van der Waals surface area contributed by atoms with Gasteiger partial charge in [0.15, 0.2) is 0 Å². The van der Waals surface area contributed by atoms with Gasteiger partial charge in [0.1, 0.15) is 0 Å². The molecule has 4 aliphatic rings. The number of fused-ring (bicyclic) bond motifs is 4. The van der Waals surface area contributed by atoms with E-state index in [2.05, 4.69) is 41.5 Å². The van der Waals surface area contributed by atoms with Crippen LogP contribution in [0.5, 0.6) is 0 Å². The standard InChI is InChI=1S/C30H50O3/c1-19(23(31)13-15-26(2,3)33)20-11-17-30(8)22-9-10-24-27(4,5)25(32)14-16-28(24,6)21(22)12-18-29(20,30)7/h13,15,19-20,23-25,31-33H,9-12,14,16-18H2,1-8H3/t19-,20+,23+,24?,25-,28+,29+,30-/m0/s1. The lowest BCUT2D eigenvalue weighted by Gasteiger charge is -2.62. The molecule has 0 bridgehead atoms. The molecule has 188 valence electrons. The highest BCUT2D eigenvalue weighted by Crippen LogP contribution is 2.72. The van der Waals surface area contributed by atoms with E-state index in [0.29, 0.717) is 11.8 Å². The molecule has 0 amide bonds. The molecule has 0 saturated heterocycles. The number of aliphatic hydroxyl groups excluding tert-OH is 2. The normalized spacial score (nSPS) is 44.9. The average Bonchev–Trinajstić information content (AvgIpc) is 3.00. The van der Waals surface area contributed by atoms with Crippen LogP contribution in [0.4, 0.5) is 0 Å². The van der Waals surface area contributed by atoms with Crippen molar-refractivity contribution in [3.63, 3.8) is 0 Å². The fourth-order valence-corrected chi connectivity index (χ4v) is 9.31. The van der Waals surface area contributed by atoms with Gasteiger partial charge in [-0.2, -0.15) is 0 Å². The van der Waals surface area contributed by atoms with Crippen LogP contribution in [0.2, 0.25) is 0 Å². The summed E-state index contributed by atoms with van der Waals surface area (Å²) in [6.07, 6.45) is 12.0. The second-order valence-electron chi connectivity index (χ2n) is 14.1. The van der Waals surface area contributed by atoms with Gasteiger partial charge in [-0.1, -0.05) is 64.8 Å². The molecule has 4 aliphatic carbocycles. The minimum Gasteiger partial charge on any atom is -0.393 e. The van der Waals surface area contributed by atoms with Crippen molar-refractivity contribution in [2.45, 2.75) is 125 Å². The van der Waals surface area contributed by atoms with Gasteiger partial charge in [-0.25, -0.2) is 0 Å². The van der Waals surface area contributed by atoms with Gasteiger partial charge in [-0.3, -0.25) is 0 Å². The molecule has 0 aliphatic heterocycles. The Morgan fingerprint density at radius 2 is 1.61 bits per heavy atom. The van der Waals surface area contributed by atoms with E-state index in [1.54, 1.807) is 31.1 Å². The molecule has 3 N–H and O–H groups in total. The Bertz CT molecular complexity index is 832. The van der Waals surface area contributed by atoms with Gasteiger partial charge in [-0.15, -0.1) is 0 Å². The van der Waals surface area contributed by atoms with Crippen molar-refractivity contribution in [1.29, 1.82) is 0 Å². The topological polar surface area (TPSA) is 60.7 Å². The summed E-state index contributed by atoms with van der Waals surface area (Å²) >= 11 is 0. The summed E-state index contributed by atoms with van der Waals surface area (Å²) in [7, 11) is 0. The Balaban J connectivity index is 1.66. The fraction of sp³-hybridized carbons (Fsp3) is 0.867. The molecule has 2 saturated carbocycles. The molecule has 0 heterocycles. The molecule has 2 fully saturated rings. The maximum Gasteiger partial charge on any atom is 0.0772 e. The van der Waals surface area contributed by atoms with E-state index in [4.69, 9.17) is 0 Å². The van der Waals surface area contributed by atoms with E-state index in [9.17, 15) is 15.3 Å². The maximum absolute atomic E-state index is 11.0. The number of hydrogen-bond donors (Lipinski definition) is 3. The summed E-state index contributed by atoms with van der Waals surface area (Å²) in [6.45, 7) is 17.9. The van der Waals surface area contributed by atoms with Crippen LogP contribution in [0, 0.1) is 39.4 Å². The van der Waals surface area contributed by atoms with E-state index < -0.39 is 11.7 Å². The van der Waals surface area contributed by atoms with Crippen molar-refractivity contribution < 1.29 is 15.3 Å². The third-order valence-corrected chi connectivity index (χ3v) is 11.7. The molecule has 3 nitrogen and oxygen atoms in total. The first kappa shape index (κ1) is 25.5. The molecule has 4 rings (SSSR count). The van der Waals surface area contributed by atoms with Gasteiger partial charge in [0.2, 0.25) is 0 Å². The zero-order valence-electron chi connectivity index (χ0n) is 22.5. The number of allylic oxidation sites excluding steroid dienone is 2. The maximum atomic E-state index is 11.0. The van der Waals surface area contributed by atoms with Crippen LogP contribution in [-0.2, 0) is 0 Å². The third-order valence-electron chi connectivity index (χ3n) is 11.7. The molecule has 8 atom stereocenters. The largest absolute Gasteiger partial charge is 0.393 e. The fourth-order valence-electron chi connectivity index (χ4n) is 9.31. The van der Waals surface area contributed by atoms with Crippen LogP contribution in [0.1, 0.15) is 107 Å². The molecule has 0 radical (unpaired) electrons. The molecule has 0 aromatic carbocycles. The van der Waals surface area contributed by atoms with Crippen molar-refractivity contribution in [3.05, 3.63) is 23.3 Å². The third kappa shape index (κ3) is 3.71. The monoisotopic (exact) mass is 458 g/mol. The highest BCUT2D eigenvalue weighted by atomic mass is 16.3. The summed E-state index contributed by atoms with van der Waals surface area (Å²) in [4.78, 5) is 0. The van der Waals surface area contributed by atoms with E-state index in [0.717, 1.165) is 12.8 Å². The number of aliphatic hydroxyl groups is 3. The van der Waals surface area contributed by atoms with Crippen LogP contribution in [-0.4, -0.2) is 33.1 Å². The lowest BCUT2D eigenvalue weighted by molar-refractivity contribution is -0.0967. The van der Waals surface area contributed by atoms with Crippen LogP contribution in [0.25, 0.3) is 0 Å². The van der Waals surface area contributed by atoms with Crippen molar-refractivity contribution in [1.82, 2.24) is 0 Å². The predicted molar refractivity (Wildman–Crippen MR) is 136 cm³/mol. The van der Waals surface area contributed by atoms with Crippen molar-refractivity contribution in [2.24, 2.45) is 39.4 Å². The number of hydrogen-bond acceptors (Lipinski definition) is 3. The van der Waals surface area contributed by atoms with Crippen molar-refractivity contribution >= 4 is 0 Å². The Labute approximate surface area is 202 Å². The summed E-state index contributed by atoms with van der Waals surface area (Å²) in [5.74, 6) is 1.21. The highest BCUT2D eigenvalue weighted by molar-refractivity contribution is 5.38. The summed E-state index contributed by atoms with van der Waals surface area (Å²) in [6, 6.07) is 0. The van der Waals surface area contributed by atoms with Crippen molar-refractivity contribution in [3.8, 4) is 0 Å². The number of rotatable bonds is 4. The Kier molecular flexibility index (Phi) is 6.12. The van der Waals surface area contributed by atoms with Crippen LogP contribution < -0.4 is 0 Å². The molecule has 0 aromatic heterocycles. The second kappa shape index (κ2) is 7.93. The highest BCUT2D eigenvalue weighted by Gasteiger charge is 2.63. The van der Waals surface area contributed by atoms with Crippen LogP contribution >= 0.6 is 0 Å². The summed E-state index contributed by atoms with van der Waals surface area (Å²) < 4.78 is 0. The molecule has 0 spiro atoms. The van der Waals surface area contributed by atoms with E-state index in [1.165, 1.54) is 38.5 Å². The molecule has 0 aromatic rings. The summed E-state index contributed by atoms with van der Waals surface area (Å²) in [5, 5.41) is 31.9. The Hall–Kier alpha value is -0.640.